The Hall–Kier alpha value is 0.611. The average molecular weight is 290 g/mol. The fourth-order valence-electron chi connectivity index (χ4n) is 2.98. The third kappa shape index (κ3) is 7.59. The Morgan fingerprint density at radius 2 is 1.12 bits per heavy atom. The molecule has 0 amide bonds. The average Bonchev–Trinajstić information content (AvgIpc) is 1.91. The Labute approximate surface area is 113 Å². The van der Waals surface area contributed by atoms with E-state index < -0.39 is 24.5 Å². The topological polar surface area (TPSA) is 3.24 Å². The van der Waals surface area contributed by atoms with Gasteiger partial charge < -0.3 is 4.23 Å². The minimum absolute atomic E-state index is 0.875. The van der Waals surface area contributed by atoms with Gasteiger partial charge in [-0.25, -0.2) is 0 Å². The smallest absolute Gasteiger partial charge is 0.112 e. The van der Waals surface area contributed by atoms with E-state index >= 15 is 0 Å². The van der Waals surface area contributed by atoms with Gasteiger partial charge in [-0.15, -0.1) is 0 Å². The van der Waals surface area contributed by atoms with Gasteiger partial charge in [-0.1, -0.05) is 71.9 Å². The molecule has 0 aromatic rings. The second-order valence-corrected chi connectivity index (χ2v) is 24.6. The van der Waals surface area contributed by atoms with Crippen LogP contribution in [0.25, 0.3) is 0 Å². The maximum atomic E-state index is 2.94. The van der Waals surface area contributed by atoms with Gasteiger partial charge in [0.25, 0.3) is 0 Å². The fourth-order valence-corrected chi connectivity index (χ4v) is 15.0. The van der Waals surface area contributed by atoms with Crippen LogP contribution in [0.4, 0.5) is 0 Å². The molecule has 0 spiro atoms. The molecule has 0 fully saturated rings. The van der Waals surface area contributed by atoms with Gasteiger partial charge in [-0.3, -0.25) is 0 Å². The zero-order valence-electron chi connectivity index (χ0n) is 13.9. The predicted molar refractivity (Wildman–Crippen MR) is 90.7 cm³/mol. The Bertz CT molecular complexity index is 219. The van der Waals surface area contributed by atoms with E-state index in [-0.39, 0.29) is 0 Å². The molecule has 0 saturated heterocycles. The molecule has 0 aromatic carbocycles. The van der Waals surface area contributed by atoms with Crippen molar-refractivity contribution in [3.8, 4) is 0 Å². The molecule has 0 N–H and O–H groups in total. The third-order valence-corrected chi connectivity index (χ3v) is 12.6. The first-order valence-electron chi connectivity index (χ1n) is 7.01. The summed E-state index contributed by atoms with van der Waals surface area (Å²) in [6.45, 7) is 26.3. The molecular weight excluding hydrogens is 254 g/mol. The molecule has 104 valence electrons. The summed E-state index contributed by atoms with van der Waals surface area (Å²) in [7, 11) is -3.20. The molecule has 17 heavy (non-hydrogen) atoms. The van der Waals surface area contributed by atoms with E-state index in [1.807, 2.05) is 0 Å². The molecule has 0 radical (unpaired) electrons. The Kier molecular flexibility index (Phi) is 5.92. The molecule has 0 aliphatic heterocycles. The molecule has 0 bridgehead atoms. The van der Waals surface area contributed by atoms with Crippen molar-refractivity contribution in [2.75, 3.05) is 6.54 Å². The van der Waals surface area contributed by atoms with Crippen LogP contribution in [-0.4, -0.2) is 35.3 Å². The number of hydrogen-bond acceptors (Lipinski definition) is 1. The van der Waals surface area contributed by atoms with Crippen LogP contribution in [0.5, 0.6) is 0 Å². The van der Waals surface area contributed by atoms with Crippen molar-refractivity contribution < 1.29 is 0 Å². The number of nitrogens with zero attached hydrogens (tertiary/aromatic N) is 1. The van der Waals surface area contributed by atoms with Crippen LogP contribution in [0.15, 0.2) is 0 Å². The summed E-state index contributed by atoms with van der Waals surface area (Å²) in [5.74, 6) is 0.875. The Morgan fingerprint density at radius 1 is 0.765 bits per heavy atom. The first-order chi connectivity index (χ1) is 7.23. The lowest BCUT2D eigenvalue weighted by Gasteiger charge is -2.45. The lowest BCUT2D eigenvalue weighted by molar-refractivity contribution is 0.490. The van der Waals surface area contributed by atoms with E-state index in [9.17, 15) is 0 Å². The largest absolute Gasteiger partial charge is 0.346 e. The highest BCUT2D eigenvalue weighted by Crippen LogP contribution is 2.24. The van der Waals surface area contributed by atoms with Crippen LogP contribution in [0.2, 0.25) is 65.0 Å². The highest BCUT2D eigenvalue weighted by Gasteiger charge is 2.35. The molecule has 0 saturated carbocycles. The molecular formula is C13H35NSi3. The quantitative estimate of drug-likeness (QED) is 0.627. The van der Waals surface area contributed by atoms with Crippen molar-refractivity contribution in [2.24, 2.45) is 5.92 Å². The summed E-state index contributed by atoms with van der Waals surface area (Å²) in [4.78, 5) is 0. The SMILES string of the molecule is CC(CN([Si](C)(C)C)[Si](C)(C)C)C[Si](C)(C)C. The molecule has 0 aliphatic carbocycles. The fraction of sp³-hybridized carbons (Fsp3) is 1.00. The highest BCUT2D eigenvalue weighted by atomic mass is 28.4. The van der Waals surface area contributed by atoms with E-state index in [0.29, 0.717) is 0 Å². The molecule has 0 aliphatic rings. The standard InChI is InChI=1S/C13H35NSi3/c1-13(12-15(2,3)4)11-14(16(5,6)7)17(8,9)10/h13H,11-12H2,1-10H3. The molecule has 0 aromatic heterocycles. The lowest BCUT2D eigenvalue weighted by atomic mass is 10.2. The van der Waals surface area contributed by atoms with E-state index in [1.54, 1.807) is 0 Å². The second-order valence-electron chi connectivity index (χ2n) is 8.82. The molecule has 0 heterocycles. The van der Waals surface area contributed by atoms with Gasteiger partial charge in [-0.2, -0.15) is 0 Å². The monoisotopic (exact) mass is 289 g/mol. The normalized spacial score (nSPS) is 16.4. The van der Waals surface area contributed by atoms with Crippen LogP contribution >= 0.6 is 0 Å². The van der Waals surface area contributed by atoms with Crippen LogP contribution in [0.3, 0.4) is 0 Å². The van der Waals surface area contributed by atoms with E-state index in [4.69, 9.17) is 0 Å². The van der Waals surface area contributed by atoms with Crippen molar-refractivity contribution >= 4 is 24.5 Å². The van der Waals surface area contributed by atoms with Gasteiger partial charge >= 0.3 is 0 Å². The Balaban J connectivity index is 4.68. The lowest BCUT2D eigenvalue weighted by Crippen LogP contribution is -2.60. The predicted octanol–water partition coefficient (Wildman–Crippen LogP) is 4.93. The van der Waals surface area contributed by atoms with Crippen molar-refractivity contribution in [1.82, 2.24) is 4.23 Å². The molecule has 4 heteroatoms. The number of rotatable bonds is 6. The second kappa shape index (κ2) is 5.72. The first-order valence-corrected chi connectivity index (χ1v) is 17.6. The van der Waals surface area contributed by atoms with Crippen LogP contribution in [0.1, 0.15) is 6.92 Å². The van der Waals surface area contributed by atoms with Gasteiger partial charge in [-0.05, 0) is 12.5 Å². The zero-order chi connectivity index (χ0) is 14.1. The summed E-state index contributed by atoms with van der Waals surface area (Å²) in [6, 6.07) is 1.47. The summed E-state index contributed by atoms with van der Waals surface area (Å²) >= 11 is 0. The molecule has 1 atom stereocenters. The van der Waals surface area contributed by atoms with Gasteiger partial charge in [0, 0.05) is 8.07 Å². The summed E-state index contributed by atoms with van der Waals surface area (Å²) in [5, 5.41) is 0. The zero-order valence-corrected chi connectivity index (χ0v) is 16.9. The molecule has 0 rings (SSSR count). The van der Waals surface area contributed by atoms with Gasteiger partial charge in [0.05, 0.1) is 0 Å². The van der Waals surface area contributed by atoms with E-state index in [0.717, 1.165) is 5.92 Å². The van der Waals surface area contributed by atoms with E-state index in [2.05, 4.69) is 70.1 Å². The maximum absolute atomic E-state index is 2.94. The number of hydrogen-bond donors (Lipinski definition) is 0. The van der Waals surface area contributed by atoms with Crippen molar-refractivity contribution in [3.63, 3.8) is 0 Å². The van der Waals surface area contributed by atoms with Crippen LogP contribution in [0, 0.1) is 5.92 Å². The minimum atomic E-state index is -1.15. The summed E-state index contributed by atoms with van der Waals surface area (Å²) in [5.41, 5.74) is 0. The van der Waals surface area contributed by atoms with Crippen molar-refractivity contribution in [1.29, 1.82) is 0 Å². The molecule has 1 unspecified atom stereocenters. The maximum Gasteiger partial charge on any atom is 0.112 e. The highest BCUT2D eigenvalue weighted by molar-refractivity contribution is 6.89. The van der Waals surface area contributed by atoms with Gasteiger partial charge in [0.2, 0.25) is 0 Å². The van der Waals surface area contributed by atoms with Crippen molar-refractivity contribution in [2.45, 2.75) is 71.9 Å². The summed E-state index contributed by atoms with van der Waals surface area (Å²) < 4.78 is 2.94. The first kappa shape index (κ1) is 17.6. The third-order valence-electron chi connectivity index (χ3n) is 3.07. The minimum Gasteiger partial charge on any atom is -0.346 e. The van der Waals surface area contributed by atoms with Gasteiger partial charge in [0.1, 0.15) is 16.5 Å². The van der Waals surface area contributed by atoms with Crippen molar-refractivity contribution in [3.05, 3.63) is 0 Å². The van der Waals surface area contributed by atoms with Crippen LogP contribution < -0.4 is 0 Å². The van der Waals surface area contributed by atoms with Crippen LogP contribution in [-0.2, 0) is 0 Å². The van der Waals surface area contributed by atoms with E-state index in [1.165, 1.54) is 12.6 Å². The van der Waals surface area contributed by atoms with Gasteiger partial charge in [0.15, 0.2) is 0 Å². The Morgan fingerprint density at radius 3 is 1.35 bits per heavy atom. The summed E-state index contributed by atoms with van der Waals surface area (Å²) in [6.07, 6.45) is 0. The molecule has 1 nitrogen and oxygen atoms in total.